The number of aromatic nitrogens is 2. The Morgan fingerprint density at radius 3 is 2.62 bits per heavy atom. The van der Waals surface area contributed by atoms with Gasteiger partial charge in [0, 0.05) is 5.56 Å². The van der Waals surface area contributed by atoms with Gasteiger partial charge in [0.15, 0.2) is 0 Å². The van der Waals surface area contributed by atoms with Crippen LogP contribution < -0.4 is 5.32 Å². The van der Waals surface area contributed by atoms with Crippen molar-refractivity contribution in [3.05, 3.63) is 29.3 Å². The van der Waals surface area contributed by atoms with Crippen molar-refractivity contribution in [1.82, 2.24) is 15.5 Å². The quantitative estimate of drug-likeness (QED) is 0.828. The number of benzene rings is 1. The lowest BCUT2D eigenvalue weighted by Gasteiger charge is -2.11. The second kappa shape index (κ2) is 7.25. The van der Waals surface area contributed by atoms with Gasteiger partial charge in [-0.15, -0.1) is 10.2 Å². The van der Waals surface area contributed by atoms with Crippen molar-refractivity contribution in [2.75, 3.05) is 6.54 Å². The van der Waals surface area contributed by atoms with E-state index in [2.05, 4.69) is 10.2 Å². The molecule has 0 radical (unpaired) electrons. The van der Waals surface area contributed by atoms with Crippen LogP contribution in [0.3, 0.4) is 0 Å². The first-order valence-corrected chi connectivity index (χ1v) is 7.96. The van der Waals surface area contributed by atoms with E-state index in [-0.39, 0.29) is 5.22 Å². The van der Waals surface area contributed by atoms with Gasteiger partial charge in [-0.25, -0.2) is 0 Å². The van der Waals surface area contributed by atoms with E-state index in [9.17, 15) is 18.0 Å². The maximum Gasteiger partial charge on any atom is 0.405 e. The predicted octanol–water partition coefficient (Wildman–Crippen LogP) is 3.51. The predicted molar refractivity (Wildman–Crippen MR) is 83.6 cm³/mol. The van der Waals surface area contributed by atoms with E-state index in [1.165, 1.54) is 6.92 Å². The van der Waals surface area contributed by atoms with Gasteiger partial charge < -0.3 is 9.73 Å². The van der Waals surface area contributed by atoms with Gasteiger partial charge in [-0.1, -0.05) is 17.8 Å². The van der Waals surface area contributed by atoms with Gasteiger partial charge in [0.1, 0.15) is 6.54 Å². The molecule has 1 N–H and O–H groups in total. The van der Waals surface area contributed by atoms with Crippen molar-refractivity contribution in [2.45, 2.75) is 37.4 Å². The van der Waals surface area contributed by atoms with Crippen LogP contribution in [0.25, 0.3) is 11.5 Å². The summed E-state index contributed by atoms with van der Waals surface area (Å²) in [7, 11) is 0. The van der Waals surface area contributed by atoms with Crippen molar-refractivity contribution in [3.8, 4) is 11.5 Å². The van der Waals surface area contributed by atoms with E-state index in [1.807, 2.05) is 37.4 Å². The van der Waals surface area contributed by atoms with Crippen molar-refractivity contribution in [2.24, 2.45) is 0 Å². The fraction of sp³-hybridized carbons (Fsp3) is 0.400. The first kappa shape index (κ1) is 18.3. The van der Waals surface area contributed by atoms with Crippen molar-refractivity contribution in [3.63, 3.8) is 0 Å². The van der Waals surface area contributed by atoms with Gasteiger partial charge in [-0.2, -0.15) is 13.2 Å². The molecule has 24 heavy (non-hydrogen) atoms. The highest BCUT2D eigenvalue weighted by Crippen LogP contribution is 2.27. The minimum atomic E-state index is -4.44. The fourth-order valence-electron chi connectivity index (χ4n) is 1.78. The van der Waals surface area contributed by atoms with Crippen molar-refractivity contribution < 1.29 is 22.4 Å². The molecule has 0 aliphatic carbocycles. The summed E-state index contributed by atoms with van der Waals surface area (Å²) in [5.41, 5.74) is 2.94. The minimum Gasteiger partial charge on any atom is -0.411 e. The lowest BCUT2D eigenvalue weighted by molar-refractivity contribution is -0.137. The van der Waals surface area contributed by atoms with Gasteiger partial charge in [0.2, 0.25) is 11.8 Å². The molecule has 0 bridgehead atoms. The number of amides is 1. The van der Waals surface area contributed by atoms with E-state index < -0.39 is 23.9 Å². The maximum absolute atomic E-state index is 12.1. The average Bonchev–Trinajstić information content (AvgIpc) is 2.95. The number of aryl methyl sites for hydroxylation is 2. The summed E-state index contributed by atoms with van der Waals surface area (Å²) in [5.74, 6) is -0.452. The Kier molecular flexibility index (Phi) is 5.53. The zero-order valence-electron chi connectivity index (χ0n) is 13.3. The molecule has 1 aromatic carbocycles. The Balaban J connectivity index is 2.00. The molecule has 2 rings (SSSR count). The van der Waals surface area contributed by atoms with Crippen LogP contribution in [0.5, 0.6) is 0 Å². The summed E-state index contributed by atoms with van der Waals surface area (Å²) in [6.45, 7) is 4.04. The third-order valence-corrected chi connectivity index (χ3v) is 4.20. The Bertz CT molecular complexity index is 731. The molecule has 1 aromatic heterocycles. The van der Waals surface area contributed by atoms with Crippen molar-refractivity contribution in [1.29, 1.82) is 0 Å². The number of rotatable bonds is 5. The number of thioether (sulfide) groups is 1. The zero-order valence-corrected chi connectivity index (χ0v) is 14.1. The zero-order chi connectivity index (χ0) is 17.9. The number of hydrogen-bond acceptors (Lipinski definition) is 5. The number of alkyl halides is 3. The smallest absolute Gasteiger partial charge is 0.405 e. The number of nitrogens with one attached hydrogen (secondary N) is 1. The number of carbonyl (C=O) groups excluding carboxylic acids is 1. The molecule has 0 unspecified atom stereocenters. The summed E-state index contributed by atoms with van der Waals surface area (Å²) in [6, 6.07) is 5.66. The highest BCUT2D eigenvalue weighted by Gasteiger charge is 2.29. The first-order valence-electron chi connectivity index (χ1n) is 7.08. The topological polar surface area (TPSA) is 68.0 Å². The molecule has 1 atom stereocenters. The highest BCUT2D eigenvalue weighted by molar-refractivity contribution is 8.00. The molecule has 0 aliphatic rings. The minimum absolute atomic E-state index is 0.123. The molecular formula is C15H16F3N3O2S. The van der Waals surface area contributed by atoms with E-state index >= 15 is 0 Å². The number of halogens is 3. The number of nitrogens with zero attached hydrogens (tertiary/aromatic N) is 2. The van der Waals surface area contributed by atoms with Crippen LogP contribution in [0.2, 0.25) is 0 Å². The molecule has 1 amide bonds. The molecule has 5 nitrogen and oxygen atoms in total. The average molecular weight is 359 g/mol. The molecule has 0 saturated carbocycles. The van der Waals surface area contributed by atoms with Gasteiger partial charge in [-0.05, 0) is 44.0 Å². The van der Waals surface area contributed by atoms with Crippen LogP contribution in [-0.2, 0) is 4.79 Å². The second-order valence-corrected chi connectivity index (χ2v) is 6.56. The largest absolute Gasteiger partial charge is 0.411 e. The van der Waals surface area contributed by atoms with Crippen LogP contribution in [0.15, 0.2) is 27.8 Å². The van der Waals surface area contributed by atoms with Gasteiger partial charge in [-0.3, -0.25) is 4.79 Å². The van der Waals surface area contributed by atoms with Crippen LogP contribution in [0.1, 0.15) is 18.1 Å². The Hall–Kier alpha value is -2.03. The molecule has 0 fully saturated rings. The van der Waals surface area contributed by atoms with E-state index in [0.29, 0.717) is 5.89 Å². The van der Waals surface area contributed by atoms with Gasteiger partial charge >= 0.3 is 6.18 Å². The van der Waals surface area contributed by atoms with Crippen LogP contribution >= 0.6 is 11.8 Å². The molecule has 0 saturated heterocycles. The molecule has 1 heterocycles. The van der Waals surface area contributed by atoms with E-state index in [0.717, 1.165) is 28.5 Å². The molecule has 0 aliphatic heterocycles. The SMILES string of the molecule is Cc1ccc(-c2nnc(S[C@H](C)C(=O)NCC(F)(F)F)o2)cc1C. The summed E-state index contributed by atoms with van der Waals surface area (Å²) in [5, 5.41) is 8.88. The first-order chi connectivity index (χ1) is 11.2. The van der Waals surface area contributed by atoms with Crippen LogP contribution in [0, 0.1) is 13.8 Å². The van der Waals surface area contributed by atoms with Gasteiger partial charge in [0.05, 0.1) is 5.25 Å². The second-order valence-electron chi connectivity index (χ2n) is 5.27. The van der Waals surface area contributed by atoms with Crippen LogP contribution in [-0.4, -0.2) is 34.1 Å². The lowest BCUT2D eigenvalue weighted by Crippen LogP contribution is -2.37. The fourth-order valence-corrected chi connectivity index (χ4v) is 2.49. The number of carbonyl (C=O) groups is 1. The molecular weight excluding hydrogens is 343 g/mol. The van der Waals surface area contributed by atoms with Crippen LogP contribution in [0.4, 0.5) is 13.2 Å². The summed E-state index contributed by atoms with van der Waals surface area (Å²) in [4.78, 5) is 11.6. The third-order valence-electron chi connectivity index (χ3n) is 3.27. The monoisotopic (exact) mass is 359 g/mol. The third kappa shape index (κ3) is 4.98. The molecule has 130 valence electrons. The normalized spacial score (nSPS) is 12.9. The van der Waals surface area contributed by atoms with Crippen molar-refractivity contribution >= 4 is 17.7 Å². The summed E-state index contributed by atoms with van der Waals surface area (Å²) < 4.78 is 41.8. The number of hydrogen-bond donors (Lipinski definition) is 1. The Labute approximate surface area is 141 Å². The molecule has 0 spiro atoms. The molecule has 9 heteroatoms. The lowest BCUT2D eigenvalue weighted by atomic mass is 10.1. The maximum atomic E-state index is 12.1. The molecule has 2 aromatic rings. The standard InChI is InChI=1S/C15H16F3N3O2S/c1-8-4-5-11(6-9(8)2)13-20-21-14(23-13)24-10(3)12(22)19-7-15(16,17)18/h4-6,10H,7H2,1-3H3,(H,19,22)/t10-/m1/s1. The van der Waals surface area contributed by atoms with Gasteiger partial charge in [0.25, 0.3) is 5.22 Å². The Morgan fingerprint density at radius 1 is 1.29 bits per heavy atom. The summed E-state index contributed by atoms with van der Waals surface area (Å²) >= 11 is 0.905. The van der Waals surface area contributed by atoms with E-state index in [4.69, 9.17) is 4.42 Å². The summed E-state index contributed by atoms with van der Waals surface area (Å²) in [6.07, 6.45) is -4.44. The Morgan fingerprint density at radius 2 is 2.00 bits per heavy atom. The highest BCUT2D eigenvalue weighted by atomic mass is 32.2. The van der Waals surface area contributed by atoms with E-state index in [1.54, 1.807) is 0 Å².